The molecule has 0 saturated carbocycles. The minimum absolute atomic E-state index is 0.353. The zero-order valence-electron chi connectivity index (χ0n) is 10.3. The number of carbonyl (C=O) groups is 2. The molecule has 0 bridgehead atoms. The molecule has 0 aliphatic carbocycles. The first-order valence-corrected chi connectivity index (χ1v) is 6.65. The van der Waals surface area contributed by atoms with Crippen molar-refractivity contribution in [3.8, 4) is 12.3 Å². The standard InChI is InChI=1S/C6H9NO2.C5H11NO2S/c1-2-3-4-5(7)6(8)9;1-9-3-2-4(6)5(7)8/h1,5H,3-4,7H2,(H,8,9);4H,2-3,6H2,1H3,(H,7,8). The van der Waals surface area contributed by atoms with E-state index in [0.29, 0.717) is 19.3 Å². The predicted molar refractivity (Wildman–Crippen MR) is 72.3 cm³/mol. The van der Waals surface area contributed by atoms with E-state index in [2.05, 4.69) is 5.92 Å². The van der Waals surface area contributed by atoms with Crippen LogP contribution in [0, 0.1) is 12.3 Å². The first-order chi connectivity index (χ1) is 8.36. The van der Waals surface area contributed by atoms with Crippen LogP contribution in [0.1, 0.15) is 19.3 Å². The van der Waals surface area contributed by atoms with Crippen molar-refractivity contribution in [2.24, 2.45) is 11.5 Å². The summed E-state index contributed by atoms with van der Waals surface area (Å²) in [4.78, 5) is 20.1. The Hall–Kier alpha value is -1.23. The molecular weight excluding hydrogens is 256 g/mol. The van der Waals surface area contributed by atoms with Crippen molar-refractivity contribution >= 4 is 23.7 Å². The van der Waals surface area contributed by atoms with Gasteiger partial charge in [0.2, 0.25) is 0 Å². The first kappa shape index (κ1) is 19.1. The fourth-order valence-electron chi connectivity index (χ4n) is 0.731. The third-order valence-electron chi connectivity index (χ3n) is 1.87. The highest BCUT2D eigenvalue weighted by Gasteiger charge is 2.09. The predicted octanol–water partition coefficient (Wildman–Crippen LogP) is -0.0369. The molecule has 0 aliphatic rings. The van der Waals surface area contributed by atoms with Gasteiger partial charge in [-0.2, -0.15) is 11.8 Å². The van der Waals surface area contributed by atoms with Crippen LogP contribution in [-0.2, 0) is 9.59 Å². The summed E-state index contributed by atoms with van der Waals surface area (Å²) in [6.45, 7) is 0. The first-order valence-electron chi connectivity index (χ1n) is 5.26. The molecule has 0 aromatic carbocycles. The van der Waals surface area contributed by atoms with Crippen LogP contribution in [0.15, 0.2) is 0 Å². The number of carboxylic acids is 2. The summed E-state index contributed by atoms with van der Waals surface area (Å²) in [7, 11) is 0. The topological polar surface area (TPSA) is 127 Å². The van der Waals surface area contributed by atoms with Gasteiger partial charge in [-0.25, -0.2) is 0 Å². The lowest BCUT2D eigenvalue weighted by Gasteiger charge is -2.02. The monoisotopic (exact) mass is 276 g/mol. The third-order valence-corrected chi connectivity index (χ3v) is 2.51. The molecule has 7 heteroatoms. The average Bonchev–Trinajstić information content (AvgIpc) is 2.33. The lowest BCUT2D eigenvalue weighted by molar-refractivity contribution is -0.139. The van der Waals surface area contributed by atoms with E-state index in [0.717, 1.165) is 5.75 Å². The fraction of sp³-hybridized carbons (Fsp3) is 0.636. The summed E-state index contributed by atoms with van der Waals surface area (Å²) in [5.74, 6) is 1.22. The maximum Gasteiger partial charge on any atom is 0.320 e. The molecule has 104 valence electrons. The molecular formula is C11H20N2O4S. The lowest BCUT2D eigenvalue weighted by atomic mass is 10.2. The molecule has 6 N–H and O–H groups in total. The van der Waals surface area contributed by atoms with E-state index < -0.39 is 24.0 Å². The number of hydrogen-bond acceptors (Lipinski definition) is 5. The number of thioether (sulfide) groups is 1. The van der Waals surface area contributed by atoms with E-state index in [-0.39, 0.29) is 0 Å². The Morgan fingerprint density at radius 1 is 1.22 bits per heavy atom. The van der Waals surface area contributed by atoms with Gasteiger partial charge >= 0.3 is 11.9 Å². The Balaban J connectivity index is 0. The molecule has 6 nitrogen and oxygen atoms in total. The molecule has 18 heavy (non-hydrogen) atoms. The van der Waals surface area contributed by atoms with Crippen molar-refractivity contribution in [1.29, 1.82) is 0 Å². The summed E-state index contributed by atoms with van der Waals surface area (Å²) < 4.78 is 0. The van der Waals surface area contributed by atoms with Gasteiger partial charge < -0.3 is 21.7 Å². The fourth-order valence-corrected chi connectivity index (χ4v) is 1.22. The summed E-state index contributed by atoms with van der Waals surface area (Å²) in [5, 5.41) is 16.5. The van der Waals surface area contributed by atoms with Crippen molar-refractivity contribution in [1.82, 2.24) is 0 Å². The average molecular weight is 276 g/mol. The van der Waals surface area contributed by atoms with Crippen LogP contribution in [0.2, 0.25) is 0 Å². The van der Waals surface area contributed by atoms with Gasteiger partial charge in [0.25, 0.3) is 0 Å². The van der Waals surface area contributed by atoms with Crippen LogP contribution in [0.5, 0.6) is 0 Å². The molecule has 0 saturated heterocycles. The molecule has 0 heterocycles. The Kier molecular flexibility index (Phi) is 13.0. The van der Waals surface area contributed by atoms with Gasteiger partial charge in [0.05, 0.1) is 0 Å². The molecule has 2 unspecified atom stereocenters. The normalized spacial score (nSPS) is 12.6. The minimum atomic E-state index is -0.995. The van der Waals surface area contributed by atoms with Gasteiger partial charge in [-0.1, -0.05) is 0 Å². The number of rotatable bonds is 7. The van der Waals surface area contributed by atoms with Crippen LogP contribution in [0.25, 0.3) is 0 Å². The molecule has 0 radical (unpaired) electrons. The quantitative estimate of drug-likeness (QED) is 0.481. The smallest absolute Gasteiger partial charge is 0.320 e. The summed E-state index contributed by atoms with van der Waals surface area (Å²) in [5.41, 5.74) is 10.3. The van der Waals surface area contributed by atoms with Gasteiger partial charge in [0, 0.05) is 6.42 Å². The highest BCUT2D eigenvalue weighted by Crippen LogP contribution is 1.97. The van der Waals surface area contributed by atoms with Crippen LogP contribution in [-0.4, -0.2) is 46.2 Å². The number of hydrogen-bond donors (Lipinski definition) is 4. The van der Waals surface area contributed by atoms with Gasteiger partial charge in [-0.3, -0.25) is 9.59 Å². The Bertz CT molecular complexity index is 291. The SMILES string of the molecule is C#CCCC(N)C(=O)O.CSCCC(N)C(=O)O. The van der Waals surface area contributed by atoms with Crippen LogP contribution in [0.3, 0.4) is 0 Å². The number of terminal acetylenes is 1. The zero-order chi connectivity index (χ0) is 14.6. The Morgan fingerprint density at radius 3 is 2.00 bits per heavy atom. The van der Waals surface area contributed by atoms with Crippen molar-refractivity contribution in [2.75, 3.05) is 12.0 Å². The van der Waals surface area contributed by atoms with Crippen molar-refractivity contribution in [3.63, 3.8) is 0 Å². The number of nitrogens with two attached hydrogens (primary N) is 2. The van der Waals surface area contributed by atoms with Crippen molar-refractivity contribution < 1.29 is 19.8 Å². The molecule has 0 aromatic rings. The van der Waals surface area contributed by atoms with E-state index in [1.807, 2.05) is 6.26 Å². The van der Waals surface area contributed by atoms with Crippen molar-refractivity contribution in [3.05, 3.63) is 0 Å². The van der Waals surface area contributed by atoms with E-state index >= 15 is 0 Å². The number of carboxylic acid groups (broad SMARTS) is 2. The highest BCUT2D eigenvalue weighted by atomic mass is 32.2. The lowest BCUT2D eigenvalue weighted by Crippen LogP contribution is -2.30. The second-order valence-corrected chi connectivity index (χ2v) is 4.40. The maximum atomic E-state index is 10.1. The Morgan fingerprint density at radius 2 is 1.67 bits per heavy atom. The number of aliphatic carboxylic acids is 2. The molecule has 0 aromatic heterocycles. The molecule has 0 rings (SSSR count). The van der Waals surface area contributed by atoms with E-state index in [1.165, 1.54) is 0 Å². The minimum Gasteiger partial charge on any atom is -0.480 e. The summed E-state index contributed by atoms with van der Waals surface area (Å²) in [6.07, 6.45) is 8.13. The van der Waals surface area contributed by atoms with Crippen LogP contribution < -0.4 is 11.5 Å². The highest BCUT2D eigenvalue weighted by molar-refractivity contribution is 7.98. The second-order valence-electron chi connectivity index (χ2n) is 3.41. The van der Waals surface area contributed by atoms with E-state index in [9.17, 15) is 9.59 Å². The molecule has 0 fully saturated rings. The Labute approximate surface area is 111 Å². The molecule has 2 atom stereocenters. The van der Waals surface area contributed by atoms with Gasteiger partial charge in [0.15, 0.2) is 0 Å². The summed E-state index contributed by atoms with van der Waals surface area (Å²) in [6, 6.07) is -1.49. The van der Waals surface area contributed by atoms with E-state index in [1.54, 1.807) is 11.8 Å². The molecule has 0 spiro atoms. The van der Waals surface area contributed by atoms with Gasteiger partial charge in [0.1, 0.15) is 12.1 Å². The van der Waals surface area contributed by atoms with Gasteiger partial charge in [-0.15, -0.1) is 12.3 Å². The summed E-state index contributed by atoms with van der Waals surface area (Å²) >= 11 is 1.60. The van der Waals surface area contributed by atoms with Gasteiger partial charge in [-0.05, 0) is 24.9 Å². The third kappa shape index (κ3) is 12.8. The second kappa shape index (κ2) is 12.2. The maximum absolute atomic E-state index is 10.1. The van der Waals surface area contributed by atoms with Crippen LogP contribution in [0.4, 0.5) is 0 Å². The zero-order valence-corrected chi connectivity index (χ0v) is 11.2. The van der Waals surface area contributed by atoms with E-state index in [4.69, 9.17) is 28.1 Å². The van der Waals surface area contributed by atoms with Crippen LogP contribution >= 0.6 is 11.8 Å². The largest absolute Gasteiger partial charge is 0.480 e. The van der Waals surface area contributed by atoms with Crippen molar-refractivity contribution in [2.45, 2.75) is 31.3 Å². The molecule has 0 amide bonds. The molecule has 0 aliphatic heterocycles.